The van der Waals surface area contributed by atoms with E-state index in [-0.39, 0.29) is 0 Å². The number of carbonyl (C=O) groups excluding carboxylic acids is 2. The lowest BCUT2D eigenvalue weighted by molar-refractivity contribution is -0.133. The van der Waals surface area contributed by atoms with Crippen LogP contribution >= 0.6 is 0 Å². The Morgan fingerprint density at radius 2 is 1.58 bits per heavy atom. The van der Waals surface area contributed by atoms with E-state index >= 15 is 0 Å². The van der Waals surface area contributed by atoms with Crippen LogP contribution in [0.1, 0.15) is 6.92 Å². The highest BCUT2D eigenvalue weighted by atomic mass is 16.5. The molecule has 0 heterocycles. The molecule has 0 unspecified atom stereocenters. The summed E-state index contributed by atoms with van der Waals surface area (Å²) in [6.45, 7) is 2.32. The molecular weight excluding hydrogens is 306 g/mol. The van der Waals surface area contributed by atoms with Gasteiger partial charge in [0.1, 0.15) is 5.75 Å². The molecule has 0 radical (unpaired) electrons. The normalized spacial score (nSPS) is 9.96. The second-order valence-corrected chi connectivity index (χ2v) is 5.28. The molecule has 0 fully saturated rings. The van der Waals surface area contributed by atoms with E-state index in [1.807, 2.05) is 38.1 Å². The monoisotopic (exact) mass is 327 g/mol. The van der Waals surface area contributed by atoms with E-state index < -0.39 is 11.8 Å². The number of anilines is 3. The quantitative estimate of drug-likeness (QED) is 0.829. The van der Waals surface area contributed by atoms with Crippen LogP contribution in [0.4, 0.5) is 17.1 Å². The molecule has 6 heteroatoms. The van der Waals surface area contributed by atoms with Gasteiger partial charge in [-0.05, 0) is 43.3 Å². The fourth-order valence-corrected chi connectivity index (χ4v) is 2.06. The third kappa shape index (κ3) is 4.49. The molecule has 0 saturated carbocycles. The van der Waals surface area contributed by atoms with Gasteiger partial charge >= 0.3 is 11.8 Å². The Bertz CT molecular complexity index is 712. The Balaban J connectivity index is 2.01. The van der Waals surface area contributed by atoms with Gasteiger partial charge in [0.25, 0.3) is 0 Å². The Morgan fingerprint density at radius 1 is 0.958 bits per heavy atom. The van der Waals surface area contributed by atoms with Gasteiger partial charge in [0.2, 0.25) is 0 Å². The van der Waals surface area contributed by atoms with E-state index in [9.17, 15) is 9.59 Å². The van der Waals surface area contributed by atoms with E-state index in [2.05, 4.69) is 10.6 Å². The van der Waals surface area contributed by atoms with Crippen molar-refractivity contribution in [2.75, 3.05) is 36.2 Å². The van der Waals surface area contributed by atoms with Crippen LogP contribution in [0.2, 0.25) is 0 Å². The minimum atomic E-state index is -0.751. The van der Waals surface area contributed by atoms with Crippen molar-refractivity contribution in [3.63, 3.8) is 0 Å². The van der Waals surface area contributed by atoms with Crippen molar-refractivity contribution in [3.8, 4) is 5.75 Å². The van der Waals surface area contributed by atoms with Gasteiger partial charge in [0.05, 0.1) is 12.3 Å². The van der Waals surface area contributed by atoms with Gasteiger partial charge in [-0.1, -0.05) is 12.1 Å². The van der Waals surface area contributed by atoms with Crippen LogP contribution in [0.15, 0.2) is 48.5 Å². The van der Waals surface area contributed by atoms with E-state index in [4.69, 9.17) is 4.74 Å². The number of hydrogen-bond donors (Lipinski definition) is 2. The maximum absolute atomic E-state index is 12.1. The number of amides is 2. The lowest BCUT2D eigenvalue weighted by atomic mass is 10.2. The maximum Gasteiger partial charge on any atom is 0.314 e. The highest BCUT2D eigenvalue weighted by molar-refractivity contribution is 6.43. The van der Waals surface area contributed by atoms with E-state index in [0.717, 1.165) is 5.69 Å². The minimum absolute atomic E-state index is 0.461. The van der Waals surface area contributed by atoms with Crippen LogP contribution in [0.25, 0.3) is 0 Å². The fourth-order valence-electron chi connectivity index (χ4n) is 2.06. The van der Waals surface area contributed by atoms with Gasteiger partial charge in [-0.25, -0.2) is 0 Å². The van der Waals surface area contributed by atoms with Crippen LogP contribution < -0.4 is 20.3 Å². The average Bonchev–Trinajstić information content (AvgIpc) is 2.57. The van der Waals surface area contributed by atoms with E-state index in [1.165, 1.54) is 0 Å². The van der Waals surface area contributed by atoms with Crippen molar-refractivity contribution >= 4 is 28.9 Å². The number of hydrogen-bond acceptors (Lipinski definition) is 4. The standard InChI is InChI=1S/C18H21N3O3/c1-4-24-16-8-6-5-7-15(16)20-18(23)17(22)19-13-9-11-14(12-10-13)21(2)3/h5-12H,4H2,1-3H3,(H,19,22)(H,20,23). The highest BCUT2D eigenvalue weighted by Gasteiger charge is 2.16. The molecule has 2 aromatic carbocycles. The van der Waals surface area contributed by atoms with Crippen molar-refractivity contribution in [1.82, 2.24) is 0 Å². The molecule has 126 valence electrons. The van der Waals surface area contributed by atoms with Gasteiger partial charge in [0, 0.05) is 25.5 Å². The molecule has 2 N–H and O–H groups in total. The molecule has 24 heavy (non-hydrogen) atoms. The van der Waals surface area contributed by atoms with E-state index in [1.54, 1.807) is 36.4 Å². The van der Waals surface area contributed by atoms with Crippen LogP contribution in [-0.4, -0.2) is 32.5 Å². The number of nitrogens with one attached hydrogen (secondary N) is 2. The molecule has 6 nitrogen and oxygen atoms in total. The molecule has 0 saturated heterocycles. The predicted octanol–water partition coefficient (Wildman–Crippen LogP) is 2.73. The van der Waals surface area contributed by atoms with Gasteiger partial charge in [-0.3, -0.25) is 9.59 Å². The summed E-state index contributed by atoms with van der Waals surface area (Å²) in [4.78, 5) is 26.0. The second-order valence-electron chi connectivity index (χ2n) is 5.28. The first-order valence-corrected chi connectivity index (χ1v) is 7.62. The number of nitrogens with zero attached hydrogens (tertiary/aromatic N) is 1. The summed E-state index contributed by atoms with van der Waals surface area (Å²) in [5.74, 6) is -0.964. The number of ether oxygens (including phenoxy) is 1. The lowest BCUT2D eigenvalue weighted by Crippen LogP contribution is -2.29. The van der Waals surface area contributed by atoms with Crippen LogP contribution in [0.3, 0.4) is 0 Å². The highest BCUT2D eigenvalue weighted by Crippen LogP contribution is 2.23. The fraction of sp³-hybridized carbons (Fsp3) is 0.222. The largest absolute Gasteiger partial charge is 0.492 e. The maximum atomic E-state index is 12.1. The van der Waals surface area contributed by atoms with Crippen molar-refractivity contribution in [2.45, 2.75) is 6.92 Å². The first-order valence-electron chi connectivity index (χ1n) is 7.62. The number of carbonyl (C=O) groups is 2. The van der Waals surface area contributed by atoms with Crippen molar-refractivity contribution in [3.05, 3.63) is 48.5 Å². The zero-order chi connectivity index (χ0) is 17.5. The zero-order valence-electron chi connectivity index (χ0n) is 14.0. The molecule has 2 amide bonds. The Kier molecular flexibility index (Phi) is 5.78. The smallest absolute Gasteiger partial charge is 0.314 e. The summed E-state index contributed by atoms with van der Waals surface area (Å²) in [5.41, 5.74) is 2.02. The van der Waals surface area contributed by atoms with Gasteiger partial charge < -0.3 is 20.3 Å². The minimum Gasteiger partial charge on any atom is -0.492 e. The number of rotatable bonds is 5. The first-order chi connectivity index (χ1) is 11.5. The Hall–Kier alpha value is -3.02. The lowest BCUT2D eigenvalue weighted by Gasteiger charge is -2.13. The molecule has 2 aromatic rings. The Labute approximate surface area is 141 Å². The van der Waals surface area contributed by atoms with Gasteiger partial charge in [0.15, 0.2) is 0 Å². The first kappa shape index (κ1) is 17.3. The number of para-hydroxylation sites is 2. The molecule has 2 rings (SSSR count). The van der Waals surface area contributed by atoms with Crippen LogP contribution in [0, 0.1) is 0 Å². The molecule has 0 aliphatic rings. The summed E-state index contributed by atoms with van der Waals surface area (Å²) >= 11 is 0. The zero-order valence-corrected chi connectivity index (χ0v) is 14.0. The summed E-state index contributed by atoms with van der Waals surface area (Å²) < 4.78 is 5.42. The topological polar surface area (TPSA) is 70.7 Å². The van der Waals surface area contributed by atoms with E-state index in [0.29, 0.717) is 23.7 Å². The summed E-state index contributed by atoms with van der Waals surface area (Å²) in [6, 6.07) is 14.2. The molecule has 0 bridgehead atoms. The predicted molar refractivity (Wildman–Crippen MR) is 95.6 cm³/mol. The van der Waals surface area contributed by atoms with Crippen molar-refractivity contribution < 1.29 is 14.3 Å². The molecule has 0 spiro atoms. The third-order valence-electron chi connectivity index (χ3n) is 3.28. The molecule has 0 aliphatic carbocycles. The molecule has 0 aliphatic heterocycles. The van der Waals surface area contributed by atoms with Crippen molar-refractivity contribution in [1.29, 1.82) is 0 Å². The SMILES string of the molecule is CCOc1ccccc1NC(=O)C(=O)Nc1ccc(N(C)C)cc1. The van der Waals surface area contributed by atoms with Gasteiger partial charge in [-0.15, -0.1) is 0 Å². The summed E-state index contributed by atoms with van der Waals surface area (Å²) in [5, 5.41) is 5.13. The molecular formula is C18H21N3O3. The summed E-state index contributed by atoms with van der Waals surface area (Å²) in [7, 11) is 3.85. The Morgan fingerprint density at radius 3 is 2.21 bits per heavy atom. The summed E-state index contributed by atoms with van der Waals surface area (Å²) in [6.07, 6.45) is 0. The third-order valence-corrected chi connectivity index (χ3v) is 3.28. The van der Waals surface area contributed by atoms with Gasteiger partial charge in [-0.2, -0.15) is 0 Å². The van der Waals surface area contributed by atoms with Crippen LogP contribution in [-0.2, 0) is 9.59 Å². The van der Waals surface area contributed by atoms with Crippen LogP contribution in [0.5, 0.6) is 5.75 Å². The second kappa shape index (κ2) is 8.01. The average molecular weight is 327 g/mol. The molecule has 0 atom stereocenters. The van der Waals surface area contributed by atoms with Crippen molar-refractivity contribution in [2.24, 2.45) is 0 Å². The molecule has 0 aromatic heterocycles. The number of benzene rings is 2.